The molecule has 0 unspecified atom stereocenters. The van der Waals surface area contributed by atoms with Crippen LogP contribution < -0.4 is 11.0 Å². The predicted octanol–water partition coefficient (Wildman–Crippen LogP) is 0.875. The zero-order valence-electron chi connectivity index (χ0n) is 10.6. The summed E-state index contributed by atoms with van der Waals surface area (Å²) in [6.07, 6.45) is 1.61. The Kier molecular flexibility index (Phi) is 3.14. The third kappa shape index (κ3) is 2.24. The first-order chi connectivity index (χ1) is 9.65. The van der Waals surface area contributed by atoms with E-state index in [1.165, 1.54) is 0 Å². The van der Waals surface area contributed by atoms with Gasteiger partial charge in [0.05, 0.1) is 0 Å². The number of fused-ring (bicyclic) bond motifs is 1. The van der Waals surface area contributed by atoms with E-state index in [1.807, 2.05) is 24.3 Å². The van der Waals surface area contributed by atoms with E-state index in [4.69, 9.17) is 0 Å². The van der Waals surface area contributed by atoms with Crippen molar-refractivity contribution in [3.8, 4) is 11.1 Å². The lowest BCUT2D eigenvalue weighted by atomic mass is 9.79. The van der Waals surface area contributed by atoms with E-state index in [9.17, 15) is 14.8 Å². The van der Waals surface area contributed by atoms with Gasteiger partial charge in [-0.1, -0.05) is 30.3 Å². The molecule has 5 heteroatoms. The Hall–Kier alpha value is -2.37. The molecule has 3 rings (SSSR count). The smallest absolute Gasteiger partial charge is 0.423 e. The molecule has 3 aromatic rings. The van der Waals surface area contributed by atoms with Crippen molar-refractivity contribution < 1.29 is 10.0 Å². The summed E-state index contributed by atoms with van der Waals surface area (Å²) in [5, 5.41) is 19.9. The van der Waals surface area contributed by atoms with E-state index < -0.39 is 7.12 Å². The molecule has 0 saturated heterocycles. The van der Waals surface area contributed by atoms with E-state index in [0.29, 0.717) is 10.8 Å². The molecule has 0 saturated carbocycles. The van der Waals surface area contributed by atoms with Crippen molar-refractivity contribution in [1.82, 2.24) is 4.98 Å². The summed E-state index contributed by atoms with van der Waals surface area (Å²) >= 11 is 0. The molecule has 0 atom stereocenters. The van der Waals surface area contributed by atoms with Crippen molar-refractivity contribution in [2.24, 2.45) is 0 Å². The molecule has 98 valence electrons. The fourth-order valence-electron chi connectivity index (χ4n) is 2.25. The predicted molar refractivity (Wildman–Crippen MR) is 79.8 cm³/mol. The summed E-state index contributed by atoms with van der Waals surface area (Å²) in [4.78, 5) is 14.3. The molecule has 0 radical (unpaired) electrons. The Morgan fingerprint density at radius 1 is 0.950 bits per heavy atom. The van der Waals surface area contributed by atoms with Crippen LogP contribution in [-0.4, -0.2) is 22.2 Å². The van der Waals surface area contributed by atoms with Gasteiger partial charge < -0.3 is 15.0 Å². The molecule has 0 fully saturated rings. The van der Waals surface area contributed by atoms with E-state index in [-0.39, 0.29) is 5.56 Å². The second-order valence-corrected chi connectivity index (χ2v) is 4.61. The van der Waals surface area contributed by atoms with Crippen LogP contribution in [0.5, 0.6) is 0 Å². The molecule has 0 spiro atoms. The fourth-order valence-corrected chi connectivity index (χ4v) is 2.25. The second kappa shape index (κ2) is 4.96. The van der Waals surface area contributed by atoms with Crippen molar-refractivity contribution in [1.29, 1.82) is 0 Å². The monoisotopic (exact) mass is 265 g/mol. The van der Waals surface area contributed by atoms with Crippen molar-refractivity contribution in [3.63, 3.8) is 0 Å². The second-order valence-electron chi connectivity index (χ2n) is 4.61. The van der Waals surface area contributed by atoms with Crippen molar-refractivity contribution in [2.75, 3.05) is 0 Å². The maximum absolute atomic E-state index is 11.6. The summed E-state index contributed by atoms with van der Waals surface area (Å²) in [7, 11) is -1.49. The number of nitrogens with one attached hydrogen (secondary N) is 1. The number of hydrogen-bond donors (Lipinski definition) is 3. The molecular formula is C15H12BNO3. The summed E-state index contributed by atoms with van der Waals surface area (Å²) in [5.74, 6) is 0. The van der Waals surface area contributed by atoms with Gasteiger partial charge in [0.1, 0.15) is 0 Å². The van der Waals surface area contributed by atoms with Gasteiger partial charge in [0.25, 0.3) is 5.56 Å². The number of pyridine rings is 1. The normalized spacial score (nSPS) is 10.7. The third-order valence-corrected chi connectivity index (χ3v) is 3.29. The van der Waals surface area contributed by atoms with E-state index in [2.05, 4.69) is 4.98 Å². The lowest BCUT2D eigenvalue weighted by Crippen LogP contribution is -2.29. The van der Waals surface area contributed by atoms with Crippen LogP contribution in [0, 0.1) is 0 Å². The van der Waals surface area contributed by atoms with Crippen LogP contribution in [0.1, 0.15) is 0 Å². The Morgan fingerprint density at radius 2 is 1.75 bits per heavy atom. The highest BCUT2D eigenvalue weighted by Crippen LogP contribution is 2.22. The quantitative estimate of drug-likeness (QED) is 0.602. The number of H-pyrrole nitrogens is 1. The number of hydrogen-bond acceptors (Lipinski definition) is 3. The van der Waals surface area contributed by atoms with Gasteiger partial charge in [-0.2, -0.15) is 0 Å². The Bertz CT molecular complexity index is 826. The summed E-state index contributed by atoms with van der Waals surface area (Å²) in [6.45, 7) is 0. The van der Waals surface area contributed by atoms with E-state index in [1.54, 1.807) is 30.5 Å². The minimum absolute atomic E-state index is 0.117. The molecule has 1 aromatic heterocycles. The number of benzene rings is 2. The molecule has 0 aliphatic carbocycles. The van der Waals surface area contributed by atoms with Gasteiger partial charge >= 0.3 is 7.12 Å². The van der Waals surface area contributed by atoms with E-state index >= 15 is 0 Å². The highest BCUT2D eigenvalue weighted by atomic mass is 16.4. The fraction of sp³-hybridized carbons (Fsp3) is 0. The summed E-state index contributed by atoms with van der Waals surface area (Å²) < 4.78 is 0. The van der Waals surface area contributed by atoms with Crippen LogP contribution >= 0.6 is 0 Å². The Labute approximate surface area is 115 Å². The lowest BCUT2D eigenvalue weighted by molar-refractivity contribution is 0.426. The highest BCUT2D eigenvalue weighted by Gasteiger charge is 2.11. The number of aromatic amines is 1. The SMILES string of the molecule is O=c1[nH]ccc2cc(-c3cccc(B(O)O)c3)ccc12. The average molecular weight is 265 g/mol. The first-order valence-corrected chi connectivity index (χ1v) is 6.23. The lowest BCUT2D eigenvalue weighted by Gasteiger charge is -2.06. The van der Waals surface area contributed by atoms with Gasteiger partial charge in [0.2, 0.25) is 0 Å². The highest BCUT2D eigenvalue weighted by molar-refractivity contribution is 6.58. The van der Waals surface area contributed by atoms with Crippen LogP contribution in [0.3, 0.4) is 0 Å². The maximum atomic E-state index is 11.6. The van der Waals surface area contributed by atoms with Crippen LogP contribution in [0.15, 0.2) is 59.5 Å². The van der Waals surface area contributed by atoms with Crippen LogP contribution in [0.25, 0.3) is 21.9 Å². The van der Waals surface area contributed by atoms with Gasteiger partial charge in [-0.15, -0.1) is 0 Å². The first kappa shape index (κ1) is 12.7. The summed E-state index contributed by atoms with van der Waals surface area (Å²) in [5.41, 5.74) is 2.12. The molecule has 0 amide bonds. The molecule has 0 aliphatic rings. The molecular weight excluding hydrogens is 253 g/mol. The largest absolute Gasteiger partial charge is 0.488 e. The van der Waals surface area contributed by atoms with Crippen LogP contribution in [0.4, 0.5) is 0 Å². The van der Waals surface area contributed by atoms with Gasteiger partial charge in [0, 0.05) is 11.6 Å². The molecule has 3 N–H and O–H groups in total. The maximum Gasteiger partial charge on any atom is 0.488 e. The first-order valence-electron chi connectivity index (χ1n) is 6.23. The van der Waals surface area contributed by atoms with Gasteiger partial charge in [-0.05, 0) is 40.2 Å². The molecule has 0 bridgehead atoms. The minimum Gasteiger partial charge on any atom is -0.423 e. The zero-order chi connectivity index (χ0) is 14.1. The van der Waals surface area contributed by atoms with E-state index in [0.717, 1.165) is 16.5 Å². The molecule has 2 aromatic carbocycles. The molecule has 4 nitrogen and oxygen atoms in total. The number of aromatic nitrogens is 1. The van der Waals surface area contributed by atoms with Gasteiger partial charge in [0.15, 0.2) is 0 Å². The van der Waals surface area contributed by atoms with Crippen LogP contribution in [-0.2, 0) is 0 Å². The van der Waals surface area contributed by atoms with Gasteiger partial charge in [-0.25, -0.2) is 0 Å². The molecule has 20 heavy (non-hydrogen) atoms. The minimum atomic E-state index is -1.49. The zero-order valence-corrected chi connectivity index (χ0v) is 10.6. The van der Waals surface area contributed by atoms with Crippen LogP contribution in [0.2, 0.25) is 0 Å². The molecule has 1 heterocycles. The van der Waals surface area contributed by atoms with Crippen molar-refractivity contribution >= 4 is 23.4 Å². The molecule has 0 aliphatic heterocycles. The topological polar surface area (TPSA) is 73.3 Å². The average Bonchev–Trinajstić information content (AvgIpc) is 2.47. The third-order valence-electron chi connectivity index (χ3n) is 3.29. The summed E-state index contributed by atoms with van der Waals surface area (Å²) in [6, 6.07) is 14.4. The standard InChI is InChI=1S/C15H12BNO3/c18-15-14-5-4-11(8-12(14)6-7-17-15)10-2-1-3-13(9-10)16(19)20/h1-9,19-20H,(H,17,18). The van der Waals surface area contributed by atoms with Crippen molar-refractivity contribution in [2.45, 2.75) is 0 Å². The van der Waals surface area contributed by atoms with Crippen molar-refractivity contribution in [3.05, 3.63) is 65.1 Å². The van der Waals surface area contributed by atoms with Gasteiger partial charge in [-0.3, -0.25) is 4.79 Å². The number of rotatable bonds is 2. The Morgan fingerprint density at radius 3 is 2.55 bits per heavy atom. The Balaban J connectivity index is 2.15.